The van der Waals surface area contributed by atoms with Crippen molar-refractivity contribution < 1.29 is 46.2 Å². The van der Waals surface area contributed by atoms with Crippen LogP contribution in [0.4, 0.5) is 22.4 Å². The number of ketones is 1. The summed E-state index contributed by atoms with van der Waals surface area (Å²) >= 11 is 0. The van der Waals surface area contributed by atoms with Gasteiger partial charge in [-0.05, 0) is 48.8 Å². The first-order valence-corrected chi connectivity index (χ1v) is 16.2. The van der Waals surface area contributed by atoms with Gasteiger partial charge in [0, 0.05) is 29.7 Å². The van der Waals surface area contributed by atoms with Crippen molar-refractivity contribution in [2.45, 2.75) is 110 Å². The molecule has 6 atom stereocenters. The van der Waals surface area contributed by atoms with E-state index in [0.29, 0.717) is 19.3 Å². The van der Waals surface area contributed by atoms with Gasteiger partial charge in [0.15, 0.2) is 5.78 Å². The minimum atomic E-state index is -3.37. The van der Waals surface area contributed by atoms with Crippen molar-refractivity contribution in [3.63, 3.8) is 0 Å². The van der Waals surface area contributed by atoms with Crippen LogP contribution in [-0.4, -0.2) is 65.1 Å². The van der Waals surface area contributed by atoms with Crippen LogP contribution in [0.2, 0.25) is 0 Å². The van der Waals surface area contributed by atoms with Gasteiger partial charge in [-0.3, -0.25) is 9.59 Å². The minimum Gasteiger partial charge on any atom is -0.472 e. The molecular weight excluding hydrogens is 622 g/mol. The van der Waals surface area contributed by atoms with Crippen molar-refractivity contribution in [1.82, 2.24) is 15.2 Å². The van der Waals surface area contributed by atoms with Gasteiger partial charge in [0.25, 0.3) is 5.92 Å². The number of hydrogen-bond acceptors (Lipinski definition) is 7. The van der Waals surface area contributed by atoms with Gasteiger partial charge in [-0.15, -0.1) is 0 Å². The molecule has 1 saturated heterocycles. The molecule has 3 aliphatic rings. The number of halogens is 4. The molecule has 0 radical (unpaired) electrons. The molecule has 47 heavy (non-hydrogen) atoms. The molecule has 13 heteroatoms. The fourth-order valence-corrected chi connectivity index (χ4v) is 6.55. The first-order valence-electron chi connectivity index (χ1n) is 16.2. The summed E-state index contributed by atoms with van der Waals surface area (Å²) in [5.74, 6) is -5.83. The molecule has 1 N–H and O–H groups in total. The molecule has 2 aliphatic heterocycles. The van der Waals surface area contributed by atoms with Crippen LogP contribution in [0.3, 0.4) is 0 Å². The third-order valence-corrected chi connectivity index (χ3v) is 9.38. The van der Waals surface area contributed by atoms with E-state index in [1.807, 2.05) is 0 Å². The third-order valence-electron chi connectivity index (χ3n) is 9.38. The zero-order valence-electron chi connectivity index (χ0n) is 27.5. The lowest BCUT2D eigenvalue weighted by molar-refractivity contribution is -0.143. The van der Waals surface area contributed by atoms with Crippen molar-refractivity contribution in [1.29, 1.82) is 0 Å². The molecule has 258 valence electrons. The molecule has 1 aromatic heterocycles. The normalized spacial score (nSPS) is 28.5. The van der Waals surface area contributed by atoms with E-state index < -0.39 is 77.8 Å². The number of pyridine rings is 1. The molecule has 2 aromatic rings. The quantitative estimate of drug-likeness (QED) is 0.356. The maximum absolute atomic E-state index is 16.0. The smallest absolute Gasteiger partial charge is 0.408 e. The molecule has 1 aromatic carbocycles. The molecule has 6 unspecified atom stereocenters. The first kappa shape index (κ1) is 34.7. The van der Waals surface area contributed by atoms with Crippen LogP contribution in [0.25, 0.3) is 10.9 Å². The summed E-state index contributed by atoms with van der Waals surface area (Å²) in [6, 6.07) is 3.07. The van der Waals surface area contributed by atoms with Gasteiger partial charge < -0.3 is 24.4 Å². The van der Waals surface area contributed by atoms with E-state index in [-0.39, 0.29) is 47.4 Å². The van der Waals surface area contributed by atoms with Gasteiger partial charge in [-0.25, -0.2) is 18.6 Å². The SMILES string of the molecule is CC(C)C(=O)C1C(C)C2CN1C(=O)C(C(C)(C)C)NC(=O)OC1CC1CCCCC(F)(F)c1cc3ccc(OC(F)F)cc3nc1O2. The summed E-state index contributed by atoms with van der Waals surface area (Å²) in [4.78, 5) is 46.6. The largest absolute Gasteiger partial charge is 0.472 e. The molecule has 9 nitrogen and oxygen atoms in total. The number of amides is 2. The van der Waals surface area contributed by atoms with Crippen molar-refractivity contribution >= 4 is 28.7 Å². The predicted octanol–water partition coefficient (Wildman–Crippen LogP) is 6.85. The zero-order valence-corrected chi connectivity index (χ0v) is 27.5. The summed E-state index contributed by atoms with van der Waals surface area (Å²) < 4.78 is 74.3. The molecule has 3 heterocycles. The van der Waals surface area contributed by atoms with Crippen LogP contribution >= 0.6 is 0 Å². The molecule has 1 saturated carbocycles. The fourth-order valence-electron chi connectivity index (χ4n) is 6.55. The summed E-state index contributed by atoms with van der Waals surface area (Å²) in [6.45, 7) is 7.24. The number of carbonyl (C=O) groups is 3. The van der Waals surface area contributed by atoms with Crippen LogP contribution in [-0.2, 0) is 20.2 Å². The number of alkyl halides is 4. The number of ether oxygens (including phenoxy) is 3. The number of rotatable bonds is 4. The van der Waals surface area contributed by atoms with E-state index in [9.17, 15) is 23.2 Å². The molecule has 1 aliphatic carbocycles. The van der Waals surface area contributed by atoms with Gasteiger partial charge in [-0.2, -0.15) is 8.78 Å². The van der Waals surface area contributed by atoms with Gasteiger partial charge in [0.1, 0.15) is 24.0 Å². The fraction of sp³-hybridized carbons (Fsp3) is 0.647. The maximum Gasteiger partial charge on any atom is 0.408 e. The Hall–Kier alpha value is -3.64. The highest BCUT2D eigenvalue weighted by Crippen LogP contribution is 2.44. The maximum atomic E-state index is 16.0. The number of nitrogens with one attached hydrogen (secondary N) is 1. The summed E-state index contributed by atoms with van der Waals surface area (Å²) in [6.07, 6.45) is -0.693. The van der Waals surface area contributed by atoms with Crippen LogP contribution < -0.4 is 14.8 Å². The van der Waals surface area contributed by atoms with Crippen LogP contribution in [0.5, 0.6) is 11.6 Å². The lowest BCUT2D eigenvalue weighted by Gasteiger charge is -2.35. The standard InChI is InChI=1S/C34H43F4N3O6/c1-17(2)27(42)26-18(3)25-16-41(26)30(43)28(33(4,5)6)40-32(44)47-24-14-20(24)9-7-8-12-34(37,38)22-13-19-10-11-21(45-31(35)36)15-23(19)39-29(22)46-25/h10-11,13,15,17-18,20,24-26,28,31H,7-9,12,14,16H2,1-6H3,(H,40,44). The number of hydrogen-bond donors (Lipinski definition) is 1. The minimum absolute atomic E-state index is 0.0381. The van der Waals surface area contributed by atoms with Crippen molar-refractivity contribution in [3.05, 3.63) is 29.8 Å². The summed E-state index contributed by atoms with van der Waals surface area (Å²) in [5, 5.41) is 3.02. The van der Waals surface area contributed by atoms with E-state index in [1.54, 1.807) is 41.5 Å². The number of Topliss-reactive ketones (excluding diaryl/α,β-unsaturated/α-hetero) is 1. The second kappa shape index (κ2) is 13.1. The number of fused-ring (bicyclic) bond motifs is 5. The van der Waals surface area contributed by atoms with Gasteiger partial charge in [-0.1, -0.05) is 48.0 Å². The second-order valence-electron chi connectivity index (χ2n) is 14.4. The molecule has 2 amide bonds. The van der Waals surface area contributed by atoms with Crippen LogP contribution in [0.1, 0.15) is 79.2 Å². The number of alkyl carbamates (subject to hydrolysis) is 1. The Morgan fingerprint density at radius 2 is 1.83 bits per heavy atom. The molecule has 5 rings (SSSR count). The Balaban J connectivity index is 1.59. The van der Waals surface area contributed by atoms with E-state index in [4.69, 9.17) is 9.47 Å². The number of carbonyl (C=O) groups excluding carboxylic acids is 3. The predicted molar refractivity (Wildman–Crippen MR) is 164 cm³/mol. The van der Waals surface area contributed by atoms with Gasteiger partial charge in [0.2, 0.25) is 11.8 Å². The number of aromatic nitrogens is 1. The Bertz CT molecular complexity index is 1510. The zero-order chi connectivity index (χ0) is 34.4. The van der Waals surface area contributed by atoms with E-state index in [0.717, 1.165) is 0 Å². The second-order valence-corrected chi connectivity index (χ2v) is 14.4. The number of nitrogens with zero attached hydrogens (tertiary/aromatic N) is 2. The van der Waals surface area contributed by atoms with Crippen LogP contribution in [0, 0.1) is 23.2 Å². The molecule has 2 bridgehead atoms. The van der Waals surface area contributed by atoms with E-state index >= 15 is 8.78 Å². The molecular formula is C34H43F4N3O6. The highest BCUT2D eigenvalue weighted by molar-refractivity contribution is 5.94. The highest BCUT2D eigenvalue weighted by Gasteiger charge is 2.51. The van der Waals surface area contributed by atoms with Gasteiger partial charge >= 0.3 is 12.7 Å². The summed E-state index contributed by atoms with van der Waals surface area (Å²) in [7, 11) is 0. The summed E-state index contributed by atoms with van der Waals surface area (Å²) in [5.41, 5.74) is -1.14. The van der Waals surface area contributed by atoms with E-state index in [1.165, 1.54) is 29.2 Å². The lowest BCUT2D eigenvalue weighted by atomic mass is 9.85. The molecule has 2 fully saturated rings. The van der Waals surface area contributed by atoms with Crippen molar-refractivity contribution in [2.24, 2.45) is 23.2 Å². The monoisotopic (exact) mass is 665 g/mol. The Kier molecular flexibility index (Phi) is 9.67. The highest BCUT2D eigenvalue weighted by atomic mass is 19.3. The van der Waals surface area contributed by atoms with E-state index in [2.05, 4.69) is 15.0 Å². The topological polar surface area (TPSA) is 107 Å². The Morgan fingerprint density at radius 3 is 2.49 bits per heavy atom. The third kappa shape index (κ3) is 7.59. The lowest BCUT2D eigenvalue weighted by Crippen LogP contribution is -2.57. The van der Waals surface area contributed by atoms with Crippen molar-refractivity contribution in [2.75, 3.05) is 6.54 Å². The molecule has 0 spiro atoms. The average Bonchev–Trinajstić information content (AvgIpc) is 3.63. The average molecular weight is 666 g/mol. The van der Waals surface area contributed by atoms with Crippen molar-refractivity contribution in [3.8, 4) is 11.6 Å². The number of benzene rings is 1. The van der Waals surface area contributed by atoms with Gasteiger partial charge in [0.05, 0.1) is 23.7 Å². The van der Waals surface area contributed by atoms with Crippen LogP contribution in [0.15, 0.2) is 24.3 Å². The first-order chi connectivity index (χ1) is 22.0. The Labute approximate surface area is 271 Å². The Morgan fingerprint density at radius 1 is 1.11 bits per heavy atom.